The molecule has 1 amide bonds. The molecule has 3 aromatic rings. The van der Waals surface area contributed by atoms with Crippen LogP contribution in [0.5, 0.6) is 11.5 Å². The average molecular weight is 546 g/mol. The van der Waals surface area contributed by atoms with Crippen molar-refractivity contribution in [2.45, 2.75) is 52.2 Å². The molecule has 10 heteroatoms. The summed E-state index contributed by atoms with van der Waals surface area (Å²) >= 11 is 6.03. The van der Waals surface area contributed by atoms with E-state index in [0.29, 0.717) is 49.8 Å². The Hall–Kier alpha value is -3.17. The molecule has 1 saturated heterocycles. The summed E-state index contributed by atoms with van der Waals surface area (Å²) in [6, 6.07) is 6.12. The molecule has 202 valence electrons. The summed E-state index contributed by atoms with van der Waals surface area (Å²) in [5.41, 5.74) is 2.35. The van der Waals surface area contributed by atoms with Gasteiger partial charge in [-0.25, -0.2) is 13.8 Å². The van der Waals surface area contributed by atoms with Gasteiger partial charge in [-0.2, -0.15) is 0 Å². The summed E-state index contributed by atoms with van der Waals surface area (Å²) in [5.74, 6) is -1.06. The summed E-state index contributed by atoms with van der Waals surface area (Å²) in [6.45, 7) is 8.96. The molecule has 0 radical (unpaired) electrons. The molecule has 0 atom stereocenters. The highest BCUT2D eigenvalue weighted by molar-refractivity contribution is 6.31. The Morgan fingerprint density at radius 2 is 1.92 bits per heavy atom. The molecule has 0 bridgehead atoms. The number of morpholine rings is 1. The minimum Gasteiger partial charge on any atom is -0.493 e. The van der Waals surface area contributed by atoms with Gasteiger partial charge in [-0.05, 0) is 64.3 Å². The van der Waals surface area contributed by atoms with Gasteiger partial charge in [-0.1, -0.05) is 11.6 Å². The number of rotatable bonds is 5. The van der Waals surface area contributed by atoms with E-state index in [9.17, 15) is 13.6 Å². The number of halogens is 3. The number of fused-ring (bicyclic) bond motifs is 3. The molecule has 2 aromatic carbocycles. The molecule has 0 aliphatic carbocycles. The second-order valence-electron chi connectivity index (χ2n) is 10.4. The highest BCUT2D eigenvalue weighted by Crippen LogP contribution is 2.41. The normalized spacial score (nSPS) is 16.3. The van der Waals surface area contributed by atoms with Crippen molar-refractivity contribution < 1.29 is 27.8 Å². The van der Waals surface area contributed by atoms with Crippen molar-refractivity contribution in [2.24, 2.45) is 0 Å². The first-order chi connectivity index (χ1) is 18.0. The molecule has 0 N–H and O–H groups in total. The van der Waals surface area contributed by atoms with Gasteiger partial charge in [0, 0.05) is 18.2 Å². The lowest BCUT2D eigenvalue weighted by atomic mass is 9.98. The van der Waals surface area contributed by atoms with Crippen LogP contribution in [0.15, 0.2) is 24.3 Å². The van der Waals surface area contributed by atoms with E-state index in [1.807, 2.05) is 44.4 Å². The number of amides is 1. The summed E-state index contributed by atoms with van der Waals surface area (Å²) < 4.78 is 47.6. The lowest BCUT2D eigenvalue weighted by Crippen LogP contribution is -2.55. The van der Waals surface area contributed by atoms with E-state index < -0.39 is 17.2 Å². The highest BCUT2D eigenvalue weighted by Gasteiger charge is 2.38. The van der Waals surface area contributed by atoms with Crippen LogP contribution < -0.4 is 9.47 Å². The number of carbonyl (C=O) groups excluding carboxylic acids is 1. The molecule has 0 spiro atoms. The third-order valence-electron chi connectivity index (χ3n) is 6.91. The van der Waals surface area contributed by atoms with E-state index in [1.54, 1.807) is 12.0 Å². The average Bonchev–Trinajstić information content (AvgIpc) is 3.26. The summed E-state index contributed by atoms with van der Waals surface area (Å²) in [6.07, 6.45) is 1.03. The van der Waals surface area contributed by atoms with Crippen LogP contribution in [0.25, 0.3) is 17.1 Å². The third-order valence-corrected chi connectivity index (χ3v) is 7.18. The van der Waals surface area contributed by atoms with Gasteiger partial charge in [-0.15, -0.1) is 0 Å². The van der Waals surface area contributed by atoms with Crippen LogP contribution in [0, 0.1) is 11.6 Å². The predicted octanol–water partition coefficient (Wildman–Crippen LogP) is 5.62. The first-order valence-electron chi connectivity index (χ1n) is 12.6. The van der Waals surface area contributed by atoms with Crippen LogP contribution >= 0.6 is 11.6 Å². The van der Waals surface area contributed by atoms with Gasteiger partial charge < -0.3 is 19.1 Å². The van der Waals surface area contributed by atoms with Crippen LogP contribution in [0.3, 0.4) is 0 Å². The maximum absolute atomic E-state index is 14.5. The van der Waals surface area contributed by atoms with Crippen LogP contribution in [0.4, 0.5) is 8.78 Å². The van der Waals surface area contributed by atoms with Crippen molar-refractivity contribution >= 4 is 17.5 Å². The van der Waals surface area contributed by atoms with Gasteiger partial charge in [0.2, 0.25) is 0 Å². The number of carbonyl (C=O) groups is 1. The fourth-order valence-corrected chi connectivity index (χ4v) is 5.32. The molecule has 38 heavy (non-hydrogen) atoms. The second-order valence-corrected chi connectivity index (χ2v) is 10.8. The quantitative estimate of drug-likeness (QED) is 0.390. The number of ether oxygens (including phenoxy) is 3. The number of nitrogens with zero attached hydrogens (tertiary/aromatic N) is 3. The largest absolute Gasteiger partial charge is 0.493 e. The van der Waals surface area contributed by atoms with Crippen molar-refractivity contribution in [1.29, 1.82) is 0 Å². The lowest BCUT2D eigenvalue weighted by molar-refractivity contribution is -0.0373. The topological polar surface area (TPSA) is 65.8 Å². The number of benzene rings is 2. The number of methoxy groups -OCH3 is 1. The molecule has 2 aliphatic rings. The van der Waals surface area contributed by atoms with Crippen LogP contribution in [0.2, 0.25) is 5.02 Å². The Balaban J connectivity index is 1.75. The monoisotopic (exact) mass is 545 g/mol. The molecule has 2 aliphatic heterocycles. The molecule has 1 fully saturated rings. The lowest BCUT2D eigenvalue weighted by Gasteiger charge is -2.41. The Morgan fingerprint density at radius 3 is 2.58 bits per heavy atom. The Bertz CT molecular complexity index is 1400. The molecule has 3 heterocycles. The number of aryl methyl sites for hydroxylation is 1. The van der Waals surface area contributed by atoms with Crippen molar-refractivity contribution in [2.75, 3.05) is 26.9 Å². The second kappa shape index (κ2) is 9.85. The van der Waals surface area contributed by atoms with Crippen LogP contribution in [0.1, 0.15) is 49.4 Å². The van der Waals surface area contributed by atoms with Gasteiger partial charge in [0.25, 0.3) is 5.91 Å². The molecular formula is C28H30ClF2N3O4. The first-order valence-corrected chi connectivity index (χ1v) is 12.9. The van der Waals surface area contributed by atoms with Gasteiger partial charge in [0.1, 0.15) is 5.82 Å². The standard InChI is InChI=1S/C28H30ClF2N3O4/c1-15(2)38-23-13-21-16(12-22(23)36-5)6-7-20-25(27(35)33-8-9-37-14-28(33,3)4)32-26(34(20)21)17-10-18(29)24(31)19(30)11-17/h10-13,15H,6-9,14H2,1-5H3. The van der Waals surface area contributed by atoms with Crippen LogP contribution in [-0.4, -0.2) is 58.9 Å². The molecule has 0 unspecified atom stereocenters. The first kappa shape index (κ1) is 26.4. The van der Waals surface area contributed by atoms with Crippen LogP contribution in [-0.2, 0) is 17.6 Å². The van der Waals surface area contributed by atoms with Gasteiger partial charge in [-0.3, -0.25) is 9.36 Å². The number of hydrogen-bond acceptors (Lipinski definition) is 5. The zero-order valence-electron chi connectivity index (χ0n) is 22.0. The van der Waals surface area contributed by atoms with Crippen molar-refractivity contribution in [3.05, 3.63) is 57.9 Å². The number of hydrogen-bond donors (Lipinski definition) is 0. The van der Waals surface area contributed by atoms with Crippen molar-refractivity contribution in [3.63, 3.8) is 0 Å². The smallest absolute Gasteiger partial charge is 0.274 e. The molecule has 5 rings (SSSR count). The molecule has 1 aromatic heterocycles. The van der Waals surface area contributed by atoms with E-state index in [2.05, 4.69) is 0 Å². The maximum atomic E-state index is 14.5. The van der Waals surface area contributed by atoms with E-state index in [4.69, 9.17) is 30.8 Å². The Morgan fingerprint density at radius 1 is 1.16 bits per heavy atom. The fourth-order valence-electron chi connectivity index (χ4n) is 5.11. The van der Waals surface area contributed by atoms with Crippen molar-refractivity contribution in [1.82, 2.24) is 14.5 Å². The minimum absolute atomic E-state index is 0.113. The summed E-state index contributed by atoms with van der Waals surface area (Å²) in [4.78, 5) is 20.5. The fraction of sp³-hybridized carbons (Fsp3) is 0.429. The van der Waals surface area contributed by atoms with E-state index in [-0.39, 0.29) is 34.1 Å². The zero-order chi connectivity index (χ0) is 27.4. The maximum Gasteiger partial charge on any atom is 0.274 e. The Labute approximate surface area is 225 Å². The number of imidazole rings is 1. The van der Waals surface area contributed by atoms with E-state index in [0.717, 1.165) is 17.3 Å². The SMILES string of the molecule is COc1cc2c(cc1OC(C)C)-n1c(-c3cc(F)c(F)c(Cl)c3)nc(C(=O)N3CCOCC3(C)C)c1CC2. The highest BCUT2D eigenvalue weighted by atomic mass is 35.5. The molecule has 7 nitrogen and oxygen atoms in total. The predicted molar refractivity (Wildman–Crippen MR) is 140 cm³/mol. The molecule has 0 saturated carbocycles. The van der Waals surface area contributed by atoms with Gasteiger partial charge in [0.05, 0.1) is 48.4 Å². The minimum atomic E-state index is -1.13. The summed E-state index contributed by atoms with van der Waals surface area (Å²) in [5, 5.41) is -0.367. The van der Waals surface area contributed by atoms with Crippen molar-refractivity contribution in [3.8, 4) is 28.6 Å². The van der Waals surface area contributed by atoms with Gasteiger partial charge in [0.15, 0.2) is 28.8 Å². The molecular weight excluding hydrogens is 516 g/mol. The van der Waals surface area contributed by atoms with Gasteiger partial charge >= 0.3 is 0 Å². The summed E-state index contributed by atoms with van der Waals surface area (Å²) in [7, 11) is 1.58. The number of aromatic nitrogens is 2. The Kier molecular flexibility index (Phi) is 6.86. The van der Waals surface area contributed by atoms with E-state index in [1.165, 1.54) is 6.07 Å². The zero-order valence-corrected chi connectivity index (χ0v) is 22.8. The third kappa shape index (κ3) is 4.52. The van der Waals surface area contributed by atoms with E-state index >= 15 is 0 Å².